The highest BCUT2D eigenvalue weighted by Gasteiger charge is 2.10. The summed E-state index contributed by atoms with van der Waals surface area (Å²) in [4.78, 5) is 19.0. The van der Waals surface area contributed by atoms with Crippen LogP contribution < -0.4 is 16.4 Å². The van der Waals surface area contributed by atoms with Crippen LogP contribution in [0.1, 0.15) is 12.0 Å². The van der Waals surface area contributed by atoms with Gasteiger partial charge in [0.2, 0.25) is 11.9 Å². The lowest BCUT2D eigenvalue weighted by Crippen LogP contribution is -2.21. The minimum atomic E-state index is 0.114. The first-order chi connectivity index (χ1) is 13.1. The quantitative estimate of drug-likeness (QED) is 0.564. The van der Waals surface area contributed by atoms with Crippen molar-refractivity contribution in [2.24, 2.45) is 0 Å². The van der Waals surface area contributed by atoms with E-state index in [2.05, 4.69) is 62.4 Å². The number of hydrogen-bond acceptors (Lipinski definition) is 7. The van der Waals surface area contributed by atoms with E-state index >= 15 is 0 Å². The number of benzene rings is 2. The molecule has 136 valence electrons. The first-order valence-electron chi connectivity index (χ1n) is 8.85. The van der Waals surface area contributed by atoms with Crippen molar-refractivity contribution in [1.82, 2.24) is 19.9 Å². The summed E-state index contributed by atoms with van der Waals surface area (Å²) in [7, 11) is 1.97. The molecule has 0 amide bonds. The number of anilines is 3. The van der Waals surface area contributed by atoms with E-state index in [0.717, 1.165) is 19.4 Å². The fourth-order valence-corrected chi connectivity index (χ4v) is 3.25. The summed E-state index contributed by atoms with van der Waals surface area (Å²) in [5.41, 5.74) is 13.3. The van der Waals surface area contributed by atoms with E-state index in [0.29, 0.717) is 22.8 Å². The second kappa shape index (κ2) is 7.03. The van der Waals surface area contributed by atoms with Gasteiger partial charge in [0.25, 0.3) is 0 Å². The van der Waals surface area contributed by atoms with Crippen molar-refractivity contribution in [2.75, 3.05) is 30.0 Å². The number of nitrogen functional groups attached to an aromatic ring is 2. The van der Waals surface area contributed by atoms with Gasteiger partial charge in [-0.25, -0.2) is 4.98 Å². The smallest absolute Gasteiger partial charge is 0.227 e. The molecule has 0 radical (unpaired) electrons. The van der Waals surface area contributed by atoms with Crippen LogP contribution in [-0.2, 0) is 6.42 Å². The van der Waals surface area contributed by atoms with E-state index in [9.17, 15) is 0 Å². The predicted octanol–water partition coefficient (Wildman–Crippen LogP) is 2.81. The minimum absolute atomic E-state index is 0.114. The van der Waals surface area contributed by atoms with Crippen molar-refractivity contribution < 1.29 is 0 Å². The third kappa shape index (κ3) is 3.44. The lowest BCUT2D eigenvalue weighted by Gasteiger charge is -2.17. The zero-order valence-corrected chi connectivity index (χ0v) is 15.1. The molecule has 2 aromatic carbocycles. The molecule has 0 saturated carbocycles. The predicted molar refractivity (Wildman–Crippen MR) is 109 cm³/mol. The van der Waals surface area contributed by atoms with Gasteiger partial charge in [0, 0.05) is 19.8 Å². The Balaban J connectivity index is 1.48. The lowest BCUT2D eigenvalue weighted by molar-refractivity contribution is 0.770. The summed E-state index contributed by atoms with van der Waals surface area (Å²) in [6.45, 7) is 0.824. The molecule has 27 heavy (non-hydrogen) atoms. The average molecular weight is 359 g/mol. The van der Waals surface area contributed by atoms with Gasteiger partial charge in [0.05, 0.1) is 5.39 Å². The molecule has 2 heterocycles. The van der Waals surface area contributed by atoms with E-state index in [1.165, 1.54) is 16.3 Å². The topological polar surface area (TPSA) is 107 Å². The fourth-order valence-electron chi connectivity index (χ4n) is 3.25. The molecular formula is C20H21N7. The van der Waals surface area contributed by atoms with Crippen LogP contribution in [0.15, 0.2) is 48.7 Å². The standard InChI is InChI=1S/C20H21N7/c1-27(20-23-12-16-17(21)24-19(22)25-18(16)26-20)11-5-9-14-8-4-7-13-6-2-3-10-15(13)14/h2-4,6-8,10,12H,5,9,11H2,1H3,(H4,21,22,23,24,25,26). The zero-order valence-electron chi connectivity index (χ0n) is 15.1. The van der Waals surface area contributed by atoms with E-state index in [1.807, 2.05) is 11.9 Å². The second-order valence-corrected chi connectivity index (χ2v) is 6.54. The number of fused-ring (bicyclic) bond motifs is 2. The highest BCUT2D eigenvalue weighted by Crippen LogP contribution is 2.21. The average Bonchev–Trinajstić information content (AvgIpc) is 2.67. The maximum Gasteiger partial charge on any atom is 0.227 e. The molecule has 0 spiro atoms. The highest BCUT2D eigenvalue weighted by atomic mass is 15.2. The highest BCUT2D eigenvalue weighted by molar-refractivity contribution is 5.86. The Morgan fingerprint density at radius 1 is 0.926 bits per heavy atom. The largest absolute Gasteiger partial charge is 0.383 e. The molecule has 0 aliphatic carbocycles. The number of hydrogen-bond donors (Lipinski definition) is 2. The third-order valence-electron chi connectivity index (χ3n) is 4.65. The summed E-state index contributed by atoms with van der Waals surface area (Å²) in [5, 5.41) is 3.19. The fraction of sp³-hybridized carbons (Fsp3) is 0.200. The van der Waals surface area contributed by atoms with Gasteiger partial charge in [-0.15, -0.1) is 0 Å². The first-order valence-corrected chi connectivity index (χ1v) is 8.85. The van der Waals surface area contributed by atoms with Gasteiger partial charge in [0.15, 0.2) is 5.65 Å². The zero-order chi connectivity index (χ0) is 18.8. The Labute approximate surface area is 157 Å². The summed E-state index contributed by atoms with van der Waals surface area (Å²) < 4.78 is 0. The van der Waals surface area contributed by atoms with E-state index in [1.54, 1.807) is 6.20 Å². The van der Waals surface area contributed by atoms with Gasteiger partial charge in [-0.1, -0.05) is 42.5 Å². The number of nitrogens with zero attached hydrogens (tertiary/aromatic N) is 5. The Kier molecular flexibility index (Phi) is 4.42. The third-order valence-corrected chi connectivity index (χ3v) is 4.65. The van der Waals surface area contributed by atoms with Gasteiger partial charge < -0.3 is 16.4 Å². The molecule has 0 atom stereocenters. The molecule has 4 aromatic rings. The minimum Gasteiger partial charge on any atom is -0.383 e. The van der Waals surface area contributed by atoms with Crippen LogP contribution in [0, 0.1) is 0 Å². The second-order valence-electron chi connectivity index (χ2n) is 6.54. The molecule has 0 saturated heterocycles. The van der Waals surface area contributed by atoms with Gasteiger partial charge in [-0.05, 0) is 29.2 Å². The van der Waals surface area contributed by atoms with Crippen LogP contribution in [0.2, 0.25) is 0 Å². The number of nitrogens with two attached hydrogens (primary N) is 2. The van der Waals surface area contributed by atoms with Crippen LogP contribution in [0.25, 0.3) is 21.8 Å². The van der Waals surface area contributed by atoms with Crippen molar-refractivity contribution in [3.05, 3.63) is 54.2 Å². The van der Waals surface area contributed by atoms with E-state index in [4.69, 9.17) is 11.5 Å². The number of aryl methyl sites for hydroxylation is 1. The summed E-state index contributed by atoms with van der Waals surface area (Å²) in [6, 6.07) is 14.9. The maximum absolute atomic E-state index is 5.85. The monoisotopic (exact) mass is 359 g/mol. The van der Waals surface area contributed by atoms with Crippen LogP contribution in [0.3, 0.4) is 0 Å². The van der Waals surface area contributed by atoms with Gasteiger partial charge in [0.1, 0.15) is 5.82 Å². The Bertz CT molecular complexity index is 1100. The summed E-state index contributed by atoms with van der Waals surface area (Å²) >= 11 is 0. The molecule has 2 aromatic heterocycles. The van der Waals surface area contributed by atoms with Gasteiger partial charge in [-0.2, -0.15) is 15.0 Å². The number of rotatable bonds is 5. The molecule has 4 N–H and O–H groups in total. The SMILES string of the molecule is CN(CCCc1cccc2ccccc12)c1ncc2c(N)nc(N)nc2n1. The molecular weight excluding hydrogens is 338 g/mol. The molecule has 0 aliphatic rings. The molecule has 0 bridgehead atoms. The maximum atomic E-state index is 5.85. The van der Waals surface area contributed by atoms with Crippen LogP contribution in [0.5, 0.6) is 0 Å². The van der Waals surface area contributed by atoms with Crippen LogP contribution in [0.4, 0.5) is 17.7 Å². The molecule has 0 unspecified atom stereocenters. The normalized spacial score (nSPS) is 11.1. The Morgan fingerprint density at radius 3 is 2.63 bits per heavy atom. The summed E-state index contributed by atoms with van der Waals surface area (Å²) in [6.07, 6.45) is 3.62. The van der Waals surface area contributed by atoms with Gasteiger partial charge in [-0.3, -0.25) is 0 Å². The van der Waals surface area contributed by atoms with Gasteiger partial charge >= 0.3 is 0 Å². The van der Waals surface area contributed by atoms with Crippen molar-refractivity contribution in [1.29, 1.82) is 0 Å². The van der Waals surface area contributed by atoms with Crippen LogP contribution >= 0.6 is 0 Å². The van der Waals surface area contributed by atoms with Crippen LogP contribution in [-0.4, -0.2) is 33.5 Å². The Hall–Kier alpha value is -3.48. The summed E-state index contributed by atoms with van der Waals surface area (Å²) in [5.74, 6) is 1.00. The molecule has 7 nitrogen and oxygen atoms in total. The van der Waals surface area contributed by atoms with Crippen molar-refractivity contribution in [2.45, 2.75) is 12.8 Å². The van der Waals surface area contributed by atoms with Crippen molar-refractivity contribution in [3.63, 3.8) is 0 Å². The molecule has 0 aliphatic heterocycles. The molecule has 0 fully saturated rings. The lowest BCUT2D eigenvalue weighted by atomic mass is 10.0. The Morgan fingerprint density at radius 2 is 1.74 bits per heavy atom. The van der Waals surface area contributed by atoms with Crippen molar-refractivity contribution in [3.8, 4) is 0 Å². The first kappa shape index (κ1) is 17.0. The number of aromatic nitrogens is 4. The molecule has 7 heteroatoms. The van der Waals surface area contributed by atoms with E-state index in [-0.39, 0.29) is 5.95 Å². The van der Waals surface area contributed by atoms with E-state index < -0.39 is 0 Å². The molecule has 4 rings (SSSR count). The van der Waals surface area contributed by atoms with Crippen molar-refractivity contribution >= 4 is 39.5 Å².